The van der Waals surface area contributed by atoms with Crippen molar-refractivity contribution in [3.05, 3.63) is 64.9 Å². The minimum absolute atomic E-state index is 0.129. The Morgan fingerprint density at radius 1 is 1.14 bits per heavy atom. The molecule has 0 heterocycles. The average molecular weight is 402 g/mol. The Morgan fingerprint density at radius 3 is 2.43 bits per heavy atom. The lowest BCUT2D eigenvalue weighted by Gasteiger charge is -2.26. The van der Waals surface area contributed by atoms with E-state index in [0.717, 1.165) is 0 Å². The molecule has 0 saturated carbocycles. The molecule has 0 aliphatic heterocycles. The highest BCUT2D eigenvalue weighted by Gasteiger charge is 2.20. The van der Waals surface area contributed by atoms with E-state index in [-0.39, 0.29) is 23.0 Å². The summed E-state index contributed by atoms with van der Waals surface area (Å²) in [6.45, 7) is 4.64. The smallest absolute Gasteiger partial charge is 0.251 e. The maximum Gasteiger partial charge on any atom is 0.251 e. The molecule has 2 rings (SSSR count). The summed E-state index contributed by atoms with van der Waals surface area (Å²) >= 11 is 5.83. The summed E-state index contributed by atoms with van der Waals surface area (Å²) in [6.07, 6.45) is 1.68. The molecular weight excluding hydrogens is 381 g/mol. The Morgan fingerprint density at radius 2 is 1.79 bits per heavy atom. The van der Waals surface area contributed by atoms with Gasteiger partial charge >= 0.3 is 0 Å². The van der Waals surface area contributed by atoms with Crippen LogP contribution < -0.4 is 16.0 Å². The molecule has 28 heavy (non-hydrogen) atoms. The first-order valence-corrected chi connectivity index (χ1v) is 8.94. The largest absolute Gasteiger partial charge is 0.355 e. The molecule has 0 aliphatic rings. The first-order chi connectivity index (χ1) is 13.3. The van der Waals surface area contributed by atoms with Gasteiger partial charge in [0.25, 0.3) is 5.91 Å². The summed E-state index contributed by atoms with van der Waals surface area (Å²) in [5.41, 5.74) is 0.355. The number of halogens is 2. The number of rotatable bonds is 6. The second-order valence-electron chi connectivity index (χ2n) is 6.87. The van der Waals surface area contributed by atoms with E-state index in [0.29, 0.717) is 23.7 Å². The van der Waals surface area contributed by atoms with Crippen molar-refractivity contribution >= 4 is 29.2 Å². The number of nitrogens with one attached hydrogen (secondary N) is 3. The molecular formula is C20H21ClFN5O. The fourth-order valence-electron chi connectivity index (χ4n) is 2.26. The summed E-state index contributed by atoms with van der Waals surface area (Å²) in [5.74, 6) is -0.533. The summed E-state index contributed by atoms with van der Waals surface area (Å²) < 4.78 is 13.8. The molecule has 0 spiro atoms. The van der Waals surface area contributed by atoms with Crippen molar-refractivity contribution in [2.45, 2.75) is 13.8 Å². The van der Waals surface area contributed by atoms with E-state index in [1.165, 1.54) is 6.07 Å². The van der Waals surface area contributed by atoms with Gasteiger partial charge in [0.2, 0.25) is 12.2 Å². The number of amides is 1. The van der Waals surface area contributed by atoms with Crippen molar-refractivity contribution in [2.24, 2.45) is 10.4 Å². The van der Waals surface area contributed by atoms with Gasteiger partial charge in [-0.25, -0.2) is 4.39 Å². The molecule has 2 aromatic rings. The normalized spacial score (nSPS) is 11.5. The third-order valence-corrected chi connectivity index (χ3v) is 4.11. The molecule has 0 unspecified atom stereocenters. The summed E-state index contributed by atoms with van der Waals surface area (Å²) in [4.78, 5) is 15.9. The molecule has 2 aromatic carbocycles. The molecule has 0 aliphatic carbocycles. The van der Waals surface area contributed by atoms with E-state index in [1.807, 2.05) is 13.8 Å². The van der Waals surface area contributed by atoms with Gasteiger partial charge in [-0.05, 0) is 41.8 Å². The zero-order valence-corrected chi connectivity index (χ0v) is 16.3. The first-order valence-electron chi connectivity index (χ1n) is 8.57. The number of para-hydroxylation sites is 1. The van der Waals surface area contributed by atoms with Crippen molar-refractivity contribution in [3.8, 4) is 6.19 Å². The summed E-state index contributed by atoms with van der Waals surface area (Å²) in [7, 11) is 0. The highest BCUT2D eigenvalue weighted by Crippen LogP contribution is 2.15. The Hall–Kier alpha value is -3.11. The maximum absolute atomic E-state index is 13.8. The van der Waals surface area contributed by atoms with Gasteiger partial charge in [0.05, 0.1) is 5.69 Å². The SMILES string of the molecule is CC(C)(CNC(=O)c1ccc(Cl)cc1)CNC(=NC#N)Nc1ccccc1F. The van der Waals surface area contributed by atoms with Crippen LogP contribution in [0.2, 0.25) is 5.02 Å². The zero-order chi connectivity index (χ0) is 20.6. The van der Waals surface area contributed by atoms with E-state index in [9.17, 15) is 9.18 Å². The standard InChI is InChI=1S/C20H21ClFN5O/c1-20(2,11-24-18(28)14-7-9-15(21)10-8-14)12-25-19(26-13-23)27-17-6-4-3-5-16(17)22/h3-10H,11-12H2,1-2H3,(H,24,28)(H2,25,26,27). The Labute approximate surface area is 168 Å². The van der Waals surface area contributed by atoms with E-state index in [2.05, 4.69) is 20.9 Å². The predicted octanol–water partition coefficient (Wildman–Crippen LogP) is 3.77. The van der Waals surface area contributed by atoms with Crippen LogP contribution in [0.4, 0.5) is 10.1 Å². The lowest BCUT2D eigenvalue weighted by Crippen LogP contribution is -2.43. The number of hydrogen-bond acceptors (Lipinski definition) is 3. The van der Waals surface area contributed by atoms with Gasteiger partial charge in [-0.15, -0.1) is 4.99 Å². The number of guanidine groups is 1. The minimum Gasteiger partial charge on any atom is -0.355 e. The molecule has 6 nitrogen and oxygen atoms in total. The predicted molar refractivity (Wildman–Crippen MR) is 109 cm³/mol. The number of anilines is 1. The second-order valence-corrected chi connectivity index (χ2v) is 7.31. The van der Waals surface area contributed by atoms with Crippen LogP contribution in [0.3, 0.4) is 0 Å². The van der Waals surface area contributed by atoms with Gasteiger partial charge in [-0.3, -0.25) is 4.79 Å². The zero-order valence-electron chi connectivity index (χ0n) is 15.6. The number of aliphatic imine (C=N–C) groups is 1. The monoisotopic (exact) mass is 401 g/mol. The van der Waals surface area contributed by atoms with Gasteiger partial charge in [0.15, 0.2) is 0 Å². The number of benzene rings is 2. The molecule has 3 N–H and O–H groups in total. The highest BCUT2D eigenvalue weighted by molar-refractivity contribution is 6.30. The second kappa shape index (κ2) is 9.72. The van der Waals surface area contributed by atoms with Crippen molar-refractivity contribution in [1.82, 2.24) is 10.6 Å². The first kappa shape index (κ1) is 21.2. The van der Waals surface area contributed by atoms with Crippen LogP contribution in [0.15, 0.2) is 53.5 Å². The molecule has 8 heteroatoms. The van der Waals surface area contributed by atoms with E-state index < -0.39 is 5.82 Å². The highest BCUT2D eigenvalue weighted by atomic mass is 35.5. The van der Waals surface area contributed by atoms with Crippen LogP contribution in [0.25, 0.3) is 0 Å². The van der Waals surface area contributed by atoms with Crippen LogP contribution in [0.5, 0.6) is 0 Å². The number of nitrogens with zero attached hydrogens (tertiary/aromatic N) is 2. The minimum atomic E-state index is -0.454. The van der Waals surface area contributed by atoms with Gasteiger partial charge in [-0.2, -0.15) is 5.26 Å². The molecule has 1 amide bonds. The fraction of sp³-hybridized carbons (Fsp3) is 0.250. The average Bonchev–Trinajstić information content (AvgIpc) is 2.67. The molecule has 146 valence electrons. The lowest BCUT2D eigenvalue weighted by atomic mass is 9.93. The van der Waals surface area contributed by atoms with Crippen molar-refractivity contribution in [1.29, 1.82) is 5.26 Å². The van der Waals surface area contributed by atoms with Crippen LogP contribution in [0, 0.1) is 22.7 Å². The Bertz CT molecular complexity index is 890. The molecule has 0 atom stereocenters. The maximum atomic E-state index is 13.8. The number of hydrogen-bond donors (Lipinski definition) is 3. The van der Waals surface area contributed by atoms with E-state index in [1.54, 1.807) is 48.7 Å². The van der Waals surface area contributed by atoms with Crippen LogP contribution >= 0.6 is 11.6 Å². The van der Waals surface area contributed by atoms with Crippen LogP contribution in [-0.2, 0) is 0 Å². The number of carbonyl (C=O) groups excluding carboxylic acids is 1. The summed E-state index contributed by atoms with van der Waals surface area (Å²) in [6, 6.07) is 12.7. The van der Waals surface area contributed by atoms with Crippen molar-refractivity contribution in [3.63, 3.8) is 0 Å². The molecule has 0 fully saturated rings. The number of nitriles is 1. The molecule has 0 radical (unpaired) electrons. The quantitative estimate of drug-likeness (QED) is 0.390. The van der Waals surface area contributed by atoms with Crippen LogP contribution in [-0.4, -0.2) is 25.0 Å². The van der Waals surface area contributed by atoms with E-state index >= 15 is 0 Å². The van der Waals surface area contributed by atoms with Crippen molar-refractivity contribution < 1.29 is 9.18 Å². The number of carbonyl (C=O) groups is 1. The van der Waals surface area contributed by atoms with Gasteiger partial charge in [-0.1, -0.05) is 37.6 Å². The lowest BCUT2D eigenvalue weighted by molar-refractivity contribution is 0.0937. The van der Waals surface area contributed by atoms with Gasteiger partial charge in [0.1, 0.15) is 5.82 Å². The Kier molecular flexibility index (Phi) is 7.36. The van der Waals surface area contributed by atoms with Gasteiger partial charge < -0.3 is 16.0 Å². The Balaban J connectivity index is 1.91. The third kappa shape index (κ3) is 6.56. The topological polar surface area (TPSA) is 89.3 Å². The molecule has 0 saturated heterocycles. The third-order valence-electron chi connectivity index (χ3n) is 3.86. The van der Waals surface area contributed by atoms with Gasteiger partial charge in [0, 0.05) is 23.7 Å². The van der Waals surface area contributed by atoms with Crippen LogP contribution in [0.1, 0.15) is 24.2 Å². The summed E-state index contributed by atoms with van der Waals surface area (Å²) in [5, 5.41) is 18.0. The molecule has 0 aromatic heterocycles. The molecule has 0 bridgehead atoms. The van der Waals surface area contributed by atoms with Crippen molar-refractivity contribution in [2.75, 3.05) is 18.4 Å². The fourth-order valence-corrected chi connectivity index (χ4v) is 2.39. The van der Waals surface area contributed by atoms with E-state index in [4.69, 9.17) is 16.9 Å².